The number of carbonyl (C=O) groups excluding carboxylic acids is 1. The van der Waals surface area contributed by atoms with E-state index in [9.17, 15) is 15.0 Å². The van der Waals surface area contributed by atoms with Gasteiger partial charge in [0, 0.05) is 11.5 Å². The Morgan fingerprint density at radius 2 is 2.12 bits per heavy atom. The predicted molar refractivity (Wildman–Crippen MR) is 96.8 cm³/mol. The van der Waals surface area contributed by atoms with Gasteiger partial charge in [-0.25, -0.2) is 0 Å². The summed E-state index contributed by atoms with van der Waals surface area (Å²) in [7, 11) is 0. The molecule has 3 fully saturated rings. The van der Waals surface area contributed by atoms with Gasteiger partial charge in [0.25, 0.3) is 0 Å². The van der Waals surface area contributed by atoms with Crippen LogP contribution in [0.2, 0.25) is 0 Å². The zero-order chi connectivity index (χ0) is 18.4. The highest BCUT2D eigenvalue weighted by atomic mass is 16.6. The number of phenolic OH excluding ortho intramolecular Hbond substituents is 1. The van der Waals surface area contributed by atoms with E-state index in [2.05, 4.69) is 20.8 Å². The van der Waals surface area contributed by atoms with E-state index in [0.717, 1.165) is 31.2 Å². The lowest BCUT2D eigenvalue weighted by molar-refractivity contribution is -0.131. The normalized spacial score (nSPS) is 45.3. The average molecular weight is 356 g/mol. The first kappa shape index (κ1) is 16.8. The van der Waals surface area contributed by atoms with Crippen LogP contribution < -0.4 is 0 Å². The van der Waals surface area contributed by atoms with Gasteiger partial charge in [0.1, 0.15) is 18.0 Å². The van der Waals surface area contributed by atoms with Gasteiger partial charge in [0.15, 0.2) is 5.78 Å². The minimum atomic E-state index is -0.360. The van der Waals surface area contributed by atoms with E-state index in [-0.39, 0.29) is 35.4 Å². The number of phenols is 1. The number of benzene rings is 1. The standard InChI is InChI=1S/C22H28O4/c1-11-4-7-16(24)20-13(11)5-6-14-15-8-12(2)19(17(25)10-23)21(15,3)9-18-22(14,20)26-18/h4,7,12,14-15,18-19,23-24H,5-6,8-10H2,1-3H3/t12-,14?,15+,18?,19?,21+,22?/m1/s1. The van der Waals surface area contributed by atoms with Crippen molar-refractivity contribution >= 4 is 5.78 Å². The summed E-state index contributed by atoms with van der Waals surface area (Å²) in [6.45, 7) is 6.17. The van der Waals surface area contributed by atoms with Crippen molar-refractivity contribution in [1.82, 2.24) is 0 Å². The Hall–Kier alpha value is -1.39. The van der Waals surface area contributed by atoms with Crippen LogP contribution >= 0.6 is 0 Å². The highest BCUT2D eigenvalue weighted by Gasteiger charge is 2.75. The molecule has 140 valence electrons. The molecule has 3 aliphatic carbocycles. The molecule has 4 heteroatoms. The molecule has 0 radical (unpaired) electrons. The first-order valence-electron chi connectivity index (χ1n) is 9.98. The number of epoxide rings is 1. The number of Topliss-reactive ketones (excluding diaryl/α,β-unsaturated/α-hetero) is 1. The van der Waals surface area contributed by atoms with E-state index in [1.54, 1.807) is 0 Å². The number of aliphatic hydroxyl groups excluding tert-OH is 1. The number of rotatable bonds is 2. The van der Waals surface area contributed by atoms with Gasteiger partial charge in [-0.05, 0) is 73.0 Å². The highest BCUT2D eigenvalue weighted by molar-refractivity contribution is 5.83. The zero-order valence-electron chi connectivity index (χ0n) is 15.8. The quantitative estimate of drug-likeness (QED) is 0.799. The predicted octanol–water partition coefficient (Wildman–Crippen LogP) is 3.10. The Labute approximate surface area is 154 Å². The Morgan fingerprint density at radius 3 is 2.85 bits per heavy atom. The third-order valence-corrected chi connectivity index (χ3v) is 8.30. The lowest BCUT2D eigenvalue weighted by Crippen LogP contribution is -2.49. The van der Waals surface area contributed by atoms with Gasteiger partial charge in [-0.2, -0.15) is 0 Å². The molecule has 0 aromatic heterocycles. The van der Waals surface area contributed by atoms with Crippen LogP contribution in [0.1, 0.15) is 49.8 Å². The topological polar surface area (TPSA) is 70.1 Å². The third-order valence-electron chi connectivity index (χ3n) is 8.30. The first-order chi connectivity index (χ1) is 12.3. The number of fused-ring (bicyclic) bond motifs is 3. The maximum absolute atomic E-state index is 12.5. The molecule has 0 amide bonds. The molecule has 5 rings (SSSR count). The fourth-order valence-corrected chi connectivity index (χ4v) is 7.41. The second-order valence-electron chi connectivity index (χ2n) is 9.43. The molecule has 1 saturated heterocycles. The second kappa shape index (κ2) is 5.11. The number of aromatic hydroxyl groups is 1. The molecule has 1 spiro atoms. The summed E-state index contributed by atoms with van der Waals surface area (Å²) in [6.07, 6.45) is 3.97. The van der Waals surface area contributed by atoms with Crippen LogP contribution in [0.25, 0.3) is 0 Å². The minimum Gasteiger partial charge on any atom is -0.508 e. The van der Waals surface area contributed by atoms with Crippen LogP contribution in [0, 0.1) is 36.0 Å². The van der Waals surface area contributed by atoms with Crippen LogP contribution in [0.5, 0.6) is 5.75 Å². The Bertz CT molecular complexity index is 802. The maximum atomic E-state index is 12.5. The highest BCUT2D eigenvalue weighted by Crippen LogP contribution is 2.73. The van der Waals surface area contributed by atoms with Gasteiger partial charge >= 0.3 is 0 Å². The van der Waals surface area contributed by atoms with Crippen LogP contribution in [-0.4, -0.2) is 28.7 Å². The maximum Gasteiger partial charge on any atom is 0.162 e. The van der Waals surface area contributed by atoms with Crippen molar-refractivity contribution in [1.29, 1.82) is 0 Å². The molecule has 4 nitrogen and oxygen atoms in total. The minimum absolute atomic E-state index is 0.00875. The lowest BCUT2D eigenvalue weighted by atomic mass is 9.53. The molecular formula is C22H28O4. The fraction of sp³-hybridized carbons (Fsp3) is 0.682. The van der Waals surface area contributed by atoms with Crippen molar-refractivity contribution in [3.05, 3.63) is 28.8 Å². The monoisotopic (exact) mass is 356 g/mol. The van der Waals surface area contributed by atoms with Crippen molar-refractivity contribution in [3.63, 3.8) is 0 Å². The average Bonchev–Trinajstić information content (AvgIpc) is 3.22. The summed E-state index contributed by atoms with van der Waals surface area (Å²) in [5, 5.41) is 20.2. The van der Waals surface area contributed by atoms with Gasteiger partial charge in [-0.3, -0.25) is 4.79 Å². The summed E-state index contributed by atoms with van der Waals surface area (Å²) >= 11 is 0. The molecule has 4 unspecified atom stereocenters. The van der Waals surface area contributed by atoms with Crippen molar-refractivity contribution in [2.24, 2.45) is 29.1 Å². The van der Waals surface area contributed by atoms with Crippen molar-refractivity contribution < 1.29 is 19.7 Å². The van der Waals surface area contributed by atoms with Crippen molar-refractivity contribution in [3.8, 4) is 5.75 Å². The van der Waals surface area contributed by atoms with Gasteiger partial charge in [-0.15, -0.1) is 0 Å². The molecule has 1 heterocycles. The largest absolute Gasteiger partial charge is 0.508 e. The van der Waals surface area contributed by atoms with Gasteiger partial charge in [0.2, 0.25) is 0 Å². The molecule has 1 aliphatic heterocycles. The summed E-state index contributed by atoms with van der Waals surface area (Å²) in [5.74, 6) is 1.34. The van der Waals surface area contributed by atoms with E-state index >= 15 is 0 Å². The van der Waals surface area contributed by atoms with Gasteiger partial charge < -0.3 is 14.9 Å². The van der Waals surface area contributed by atoms with Gasteiger partial charge in [-0.1, -0.05) is 19.9 Å². The molecule has 1 aromatic rings. The molecule has 2 saturated carbocycles. The Balaban J connectivity index is 1.61. The summed E-state index contributed by atoms with van der Waals surface area (Å²) in [4.78, 5) is 12.5. The number of aryl methyl sites for hydroxylation is 1. The van der Waals surface area contributed by atoms with Crippen LogP contribution in [0.4, 0.5) is 0 Å². The third kappa shape index (κ3) is 1.80. The Morgan fingerprint density at radius 1 is 1.35 bits per heavy atom. The smallest absolute Gasteiger partial charge is 0.162 e. The molecule has 2 N–H and O–H groups in total. The number of hydrogen-bond acceptors (Lipinski definition) is 4. The summed E-state index contributed by atoms with van der Waals surface area (Å²) in [5.41, 5.74) is 3.09. The molecule has 26 heavy (non-hydrogen) atoms. The van der Waals surface area contributed by atoms with Gasteiger partial charge in [0.05, 0.1) is 6.10 Å². The number of ether oxygens (including phenoxy) is 1. The van der Waals surface area contributed by atoms with E-state index in [0.29, 0.717) is 23.5 Å². The first-order valence-corrected chi connectivity index (χ1v) is 9.98. The van der Waals surface area contributed by atoms with Crippen molar-refractivity contribution in [2.75, 3.05) is 6.61 Å². The van der Waals surface area contributed by atoms with Crippen molar-refractivity contribution in [2.45, 2.75) is 58.2 Å². The molecular weight excluding hydrogens is 328 g/mol. The number of aliphatic hydroxyl groups is 1. The zero-order valence-corrected chi connectivity index (χ0v) is 15.8. The lowest BCUT2D eigenvalue weighted by Gasteiger charge is -2.48. The van der Waals surface area contributed by atoms with Crippen LogP contribution in [0.3, 0.4) is 0 Å². The number of hydrogen-bond donors (Lipinski definition) is 2. The number of ketones is 1. The number of carbonyl (C=O) groups is 1. The SMILES string of the molecule is Cc1ccc(O)c2c1CCC1[C@@H]3C[C@@H](C)C(C(=O)CO)[C@@]3(C)CC3OC231. The summed E-state index contributed by atoms with van der Waals surface area (Å²) < 4.78 is 6.40. The van der Waals surface area contributed by atoms with E-state index in [1.165, 1.54) is 11.1 Å². The molecule has 0 bridgehead atoms. The molecule has 4 aliphatic rings. The Kier molecular flexibility index (Phi) is 3.29. The van der Waals surface area contributed by atoms with E-state index in [1.807, 2.05) is 12.1 Å². The van der Waals surface area contributed by atoms with Crippen LogP contribution in [0.15, 0.2) is 12.1 Å². The fourth-order valence-electron chi connectivity index (χ4n) is 7.41. The van der Waals surface area contributed by atoms with E-state index in [4.69, 9.17) is 4.74 Å². The van der Waals surface area contributed by atoms with Crippen LogP contribution in [-0.2, 0) is 21.6 Å². The molecule has 1 aromatic carbocycles. The van der Waals surface area contributed by atoms with E-state index < -0.39 is 0 Å². The molecule has 7 atom stereocenters. The second-order valence-corrected chi connectivity index (χ2v) is 9.43. The summed E-state index contributed by atoms with van der Waals surface area (Å²) in [6, 6.07) is 3.82.